The van der Waals surface area contributed by atoms with Crippen molar-refractivity contribution in [2.45, 2.75) is 39.7 Å². The third kappa shape index (κ3) is 5.87. The summed E-state index contributed by atoms with van der Waals surface area (Å²) in [6, 6.07) is 13.5. The Labute approximate surface area is 243 Å². The van der Waals surface area contributed by atoms with E-state index in [1.54, 1.807) is 43.3 Å². The van der Waals surface area contributed by atoms with Crippen LogP contribution in [0.15, 0.2) is 62.9 Å². The van der Waals surface area contributed by atoms with E-state index in [9.17, 15) is 14.9 Å². The first-order valence-electron chi connectivity index (χ1n) is 12.8. The van der Waals surface area contributed by atoms with Crippen LogP contribution in [0.25, 0.3) is 10.9 Å². The van der Waals surface area contributed by atoms with Gasteiger partial charge in [-0.1, -0.05) is 42.8 Å². The predicted octanol–water partition coefficient (Wildman–Crippen LogP) is 5.95. The lowest BCUT2D eigenvalue weighted by Crippen LogP contribution is -2.29. The molecule has 0 saturated carbocycles. The molecule has 0 amide bonds. The maximum Gasteiger partial charge on any atom is 0.315 e. The Morgan fingerprint density at radius 1 is 1.12 bits per heavy atom. The second-order valence-electron chi connectivity index (χ2n) is 10.2. The molecule has 0 atom stereocenters. The van der Waals surface area contributed by atoms with Gasteiger partial charge in [0, 0.05) is 21.5 Å². The molecule has 11 nitrogen and oxygen atoms in total. The number of halogens is 1. The van der Waals surface area contributed by atoms with Crippen LogP contribution in [0.5, 0.6) is 23.0 Å². The van der Waals surface area contributed by atoms with Crippen LogP contribution >= 0.6 is 15.9 Å². The van der Waals surface area contributed by atoms with Gasteiger partial charge in [0.15, 0.2) is 17.2 Å². The Hall–Kier alpha value is -4.45. The van der Waals surface area contributed by atoms with Crippen molar-refractivity contribution in [3.8, 4) is 23.0 Å². The van der Waals surface area contributed by atoms with Gasteiger partial charge in [-0.2, -0.15) is 9.78 Å². The molecule has 1 aliphatic rings. The number of ether oxygens (including phenoxy) is 4. The molecule has 1 aromatic heterocycles. The molecule has 2 heterocycles. The van der Waals surface area contributed by atoms with Gasteiger partial charge in [-0.25, -0.2) is 4.98 Å². The molecule has 12 heteroatoms. The largest absolute Gasteiger partial charge is 0.490 e. The fraction of sp³-hybridized carbons (Fsp3) is 0.276. The summed E-state index contributed by atoms with van der Waals surface area (Å²) in [5.41, 5.74) is 0.445. The third-order valence-electron chi connectivity index (χ3n) is 6.18. The van der Waals surface area contributed by atoms with E-state index >= 15 is 0 Å². The SMILES string of the molecule is CCOc1cc(C=Nn2c(C(C)(C)C)nc3ccc(Br)cc3c2=O)cc([N+](=O)[O-])c1OCc1ccc2c(c1)OCO2. The van der Waals surface area contributed by atoms with E-state index in [0.29, 0.717) is 33.8 Å². The summed E-state index contributed by atoms with van der Waals surface area (Å²) in [6.45, 7) is 7.96. The number of nitrogens with zero attached hydrogens (tertiary/aromatic N) is 4. The predicted molar refractivity (Wildman–Crippen MR) is 157 cm³/mol. The number of benzene rings is 3. The molecule has 5 rings (SSSR count). The van der Waals surface area contributed by atoms with Crippen LogP contribution < -0.4 is 24.5 Å². The van der Waals surface area contributed by atoms with Gasteiger partial charge in [-0.15, -0.1) is 0 Å². The molecule has 0 aliphatic carbocycles. The van der Waals surface area contributed by atoms with Crippen molar-refractivity contribution in [3.63, 3.8) is 0 Å². The first-order chi connectivity index (χ1) is 19.5. The lowest BCUT2D eigenvalue weighted by Gasteiger charge is -2.21. The van der Waals surface area contributed by atoms with Crippen molar-refractivity contribution in [3.05, 3.63) is 90.4 Å². The minimum absolute atomic E-state index is 0.0172. The highest BCUT2D eigenvalue weighted by molar-refractivity contribution is 9.10. The highest BCUT2D eigenvalue weighted by atomic mass is 79.9. The Morgan fingerprint density at radius 2 is 1.90 bits per heavy atom. The van der Waals surface area contributed by atoms with Gasteiger partial charge in [0.25, 0.3) is 5.56 Å². The van der Waals surface area contributed by atoms with E-state index in [-0.39, 0.29) is 42.8 Å². The average molecular weight is 623 g/mol. The summed E-state index contributed by atoms with van der Waals surface area (Å²) < 4.78 is 24.3. The quantitative estimate of drug-likeness (QED) is 0.134. The molecule has 0 N–H and O–H groups in total. The fourth-order valence-corrected chi connectivity index (χ4v) is 4.64. The molecular formula is C29H27BrN4O7. The van der Waals surface area contributed by atoms with Crippen LogP contribution in [0.1, 0.15) is 44.6 Å². The minimum atomic E-state index is -0.545. The van der Waals surface area contributed by atoms with Gasteiger partial charge in [0.05, 0.1) is 28.6 Å². The smallest absolute Gasteiger partial charge is 0.315 e. The topological polar surface area (TPSA) is 127 Å². The first kappa shape index (κ1) is 28.1. The van der Waals surface area contributed by atoms with Crippen molar-refractivity contribution in [1.82, 2.24) is 9.66 Å². The molecule has 0 bridgehead atoms. The van der Waals surface area contributed by atoms with Crippen LogP contribution in [-0.2, 0) is 12.0 Å². The maximum absolute atomic E-state index is 13.5. The summed E-state index contributed by atoms with van der Waals surface area (Å²) in [7, 11) is 0. The molecule has 41 heavy (non-hydrogen) atoms. The van der Waals surface area contributed by atoms with E-state index in [0.717, 1.165) is 10.0 Å². The standard InChI is InChI=1S/C29H27BrN4O7/c1-5-38-25-12-18(10-22(34(36)37)26(25)39-15-17-6-9-23-24(11-17)41-16-40-23)14-31-33-27(35)20-13-19(30)7-8-21(20)32-28(33)29(2,3)4/h6-14H,5,15-16H2,1-4H3. The highest BCUT2D eigenvalue weighted by Crippen LogP contribution is 2.39. The van der Waals surface area contributed by atoms with E-state index in [1.165, 1.54) is 17.0 Å². The molecule has 3 aromatic carbocycles. The van der Waals surface area contributed by atoms with E-state index in [4.69, 9.17) is 23.9 Å². The number of aromatic nitrogens is 2. The molecule has 1 aliphatic heterocycles. The molecule has 0 radical (unpaired) electrons. The molecule has 0 unspecified atom stereocenters. The lowest BCUT2D eigenvalue weighted by atomic mass is 9.95. The number of nitro groups is 1. The molecule has 4 aromatic rings. The summed E-state index contributed by atoms with van der Waals surface area (Å²) >= 11 is 3.40. The highest BCUT2D eigenvalue weighted by Gasteiger charge is 2.25. The van der Waals surface area contributed by atoms with Crippen LogP contribution in [0.2, 0.25) is 0 Å². The number of nitro benzene ring substituents is 1. The Kier molecular flexibility index (Phi) is 7.68. The van der Waals surface area contributed by atoms with E-state index < -0.39 is 10.3 Å². The number of fused-ring (bicyclic) bond motifs is 2. The number of hydrogen-bond donors (Lipinski definition) is 0. The van der Waals surface area contributed by atoms with Gasteiger partial charge in [-0.05, 0) is 48.9 Å². The molecular weight excluding hydrogens is 596 g/mol. The van der Waals surface area contributed by atoms with Gasteiger partial charge < -0.3 is 18.9 Å². The number of rotatable bonds is 8. The fourth-order valence-electron chi connectivity index (χ4n) is 4.28. The second kappa shape index (κ2) is 11.2. The van der Waals surface area contributed by atoms with Crippen molar-refractivity contribution in [1.29, 1.82) is 0 Å². The van der Waals surface area contributed by atoms with Crippen LogP contribution in [0.4, 0.5) is 5.69 Å². The van der Waals surface area contributed by atoms with Crippen molar-refractivity contribution >= 4 is 38.7 Å². The van der Waals surface area contributed by atoms with Crippen molar-refractivity contribution < 1.29 is 23.9 Å². The summed E-state index contributed by atoms with van der Waals surface area (Å²) in [4.78, 5) is 29.7. The Morgan fingerprint density at radius 3 is 2.63 bits per heavy atom. The van der Waals surface area contributed by atoms with Gasteiger partial charge in [-0.3, -0.25) is 14.9 Å². The van der Waals surface area contributed by atoms with Crippen LogP contribution in [-0.4, -0.2) is 34.2 Å². The maximum atomic E-state index is 13.5. The molecule has 0 fully saturated rings. The van der Waals surface area contributed by atoms with Crippen LogP contribution in [0, 0.1) is 10.1 Å². The normalized spacial score (nSPS) is 12.7. The molecule has 0 saturated heterocycles. The van der Waals surface area contributed by atoms with Crippen molar-refractivity contribution in [2.75, 3.05) is 13.4 Å². The first-order valence-corrected chi connectivity index (χ1v) is 13.6. The van der Waals surface area contributed by atoms with Crippen LogP contribution in [0.3, 0.4) is 0 Å². The van der Waals surface area contributed by atoms with E-state index in [1.807, 2.05) is 26.8 Å². The van der Waals surface area contributed by atoms with E-state index in [2.05, 4.69) is 21.0 Å². The third-order valence-corrected chi connectivity index (χ3v) is 6.67. The Bertz CT molecular complexity index is 1740. The average Bonchev–Trinajstić information content (AvgIpc) is 3.39. The molecule has 0 spiro atoms. The van der Waals surface area contributed by atoms with Crippen molar-refractivity contribution in [2.24, 2.45) is 5.10 Å². The van der Waals surface area contributed by atoms with Gasteiger partial charge in [0.1, 0.15) is 12.4 Å². The Balaban J connectivity index is 1.54. The van der Waals surface area contributed by atoms with Gasteiger partial charge in [0.2, 0.25) is 12.5 Å². The molecule has 212 valence electrons. The monoisotopic (exact) mass is 622 g/mol. The van der Waals surface area contributed by atoms with Gasteiger partial charge >= 0.3 is 5.69 Å². The zero-order valence-electron chi connectivity index (χ0n) is 22.8. The summed E-state index contributed by atoms with van der Waals surface area (Å²) in [5.74, 6) is 1.81. The minimum Gasteiger partial charge on any atom is -0.490 e. The second-order valence-corrected chi connectivity index (χ2v) is 11.2. The summed E-state index contributed by atoms with van der Waals surface area (Å²) in [6.07, 6.45) is 1.37. The zero-order valence-corrected chi connectivity index (χ0v) is 24.4. The zero-order chi connectivity index (χ0) is 29.3. The number of hydrogen-bond acceptors (Lipinski definition) is 9. The summed E-state index contributed by atoms with van der Waals surface area (Å²) in [5, 5.41) is 16.9. The lowest BCUT2D eigenvalue weighted by molar-refractivity contribution is -0.386.